The smallest absolute Gasteiger partial charge is 0.262 e. The van der Waals surface area contributed by atoms with Crippen LogP contribution >= 0.6 is 15.9 Å². The Morgan fingerprint density at radius 3 is 2.39 bits per heavy atom. The molecule has 4 saturated carbocycles. The fourth-order valence-electron chi connectivity index (χ4n) is 7.73. The van der Waals surface area contributed by atoms with Crippen LogP contribution in [0.4, 0.5) is 5.69 Å². The summed E-state index contributed by atoms with van der Waals surface area (Å²) < 4.78 is 7.02. The largest absolute Gasteiger partial charge is 0.483 e. The van der Waals surface area contributed by atoms with Gasteiger partial charge in [-0.25, -0.2) is 0 Å². The highest BCUT2D eigenvalue weighted by Gasteiger charge is 2.59. The zero-order valence-corrected chi connectivity index (χ0v) is 21.6. The second-order valence-corrected chi connectivity index (χ2v) is 12.6. The van der Waals surface area contributed by atoms with Gasteiger partial charge in [0, 0.05) is 27.8 Å². The summed E-state index contributed by atoms with van der Waals surface area (Å²) in [6.45, 7) is 7.79. The van der Waals surface area contributed by atoms with Gasteiger partial charge < -0.3 is 15.4 Å². The van der Waals surface area contributed by atoms with E-state index in [1.165, 1.54) is 44.1 Å². The Bertz CT molecular complexity index is 1030. The fourth-order valence-corrected chi connectivity index (χ4v) is 8.14. The number of ether oxygens (including phenoxy) is 1. The summed E-state index contributed by atoms with van der Waals surface area (Å²) in [4.78, 5) is 12.4. The Morgan fingerprint density at radius 2 is 1.73 bits per heavy atom. The third-order valence-electron chi connectivity index (χ3n) is 8.00. The summed E-state index contributed by atoms with van der Waals surface area (Å²) in [5, 5.41) is 6.90. The fraction of sp³-hybridized carbons (Fsp3) is 0.536. The van der Waals surface area contributed by atoms with Crippen molar-refractivity contribution in [2.75, 3.05) is 11.9 Å². The summed E-state index contributed by atoms with van der Waals surface area (Å²) in [5.41, 5.74) is 4.23. The van der Waals surface area contributed by atoms with Crippen molar-refractivity contribution in [3.63, 3.8) is 0 Å². The summed E-state index contributed by atoms with van der Waals surface area (Å²) in [6.07, 6.45) is 8.01. The molecule has 4 aliphatic carbocycles. The van der Waals surface area contributed by atoms with Crippen molar-refractivity contribution >= 4 is 27.5 Å². The van der Waals surface area contributed by atoms with Gasteiger partial charge in [0.15, 0.2) is 6.61 Å². The Labute approximate surface area is 206 Å². The molecule has 0 aromatic heterocycles. The van der Waals surface area contributed by atoms with Crippen molar-refractivity contribution in [2.24, 2.45) is 16.7 Å². The number of rotatable bonds is 7. The zero-order valence-electron chi connectivity index (χ0n) is 20.0. The van der Waals surface area contributed by atoms with Crippen molar-refractivity contribution in [1.29, 1.82) is 0 Å². The lowest BCUT2D eigenvalue weighted by molar-refractivity contribution is -0.119. The minimum absolute atomic E-state index is 0.00807. The van der Waals surface area contributed by atoms with Gasteiger partial charge in [-0.05, 0) is 92.5 Å². The Morgan fingerprint density at radius 1 is 1.03 bits per heavy atom. The van der Waals surface area contributed by atoms with E-state index in [9.17, 15) is 4.79 Å². The lowest BCUT2D eigenvalue weighted by Gasteiger charge is -2.65. The lowest BCUT2D eigenvalue weighted by atomic mass is 9.43. The molecule has 1 amide bonds. The van der Waals surface area contributed by atoms with Gasteiger partial charge in [0.05, 0.1) is 0 Å². The van der Waals surface area contributed by atoms with E-state index >= 15 is 0 Å². The number of carbonyl (C=O) groups excluding carboxylic acids is 1. The summed E-state index contributed by atoms with van der Waals surface area (Å²) in [6, 6.07) is 13.8. The van der Waals surface area contributed by atoms with Gasteiger partial charge in [0.1, 0.15) is 5.75 Å². The summed E-state index contributed by atoms with van der Waals surface area (Å²) in [7, 11) is 0. The van der Waals surface area contributed by atoms with E-state index in [2.05, 4.69) is 46.5 Å². The van der Waals surface area contributed by atoms with E-state index in [0.29, 0.717) is 10.8 Å². The molecule has 6 rings (SSSR count). The van der Waals surface area contributed by atoms with Gasteiger partial charge in [0.25, 0.3) is 5.91 Å². The van der Waals surface area contributed by atoms with E-state index < -0.39 is 0 Å². The van der Waals surface area contributed by atoms with E-state index in [0.717, 1.165) is 33.9 Å². The number of anilines is 1. The molecule has 4 nitrogen and oxygen atoms in total. The SMILES string of the molecule is Cc1ccc(NC(=O)COc2ccc(Br)cc2CNC23CC4C[C@@](C)(C2)C[C@](C)(C4)C3)cc1. The average molecular weight is 512 g/mol. The number of amides is 1. The van der Waals surface area contributed by atoms with Gasteiger partial charge in [-0.1, -0.05) is 47.5 Å². The maximum absolute atomic E-state index is 12.4. The number of aryl methyl sites for hydroxylation is 1. The number of carbonyl (C=O) groups is 1. The van der Waals surface area contributed by atoms with Crippen LogP contribution in [0.3, 0.4) is 0 Å². The van der Waals surface area contributed by atoms with Crippen LogP contribution in [0.15, 0.2) is 46.9 Å². The second-order valence-electron chi connectivity index (χ2n) is 11.7. The summed E-state index contributed by atoms with van der Waals surface area (Å²) in [5.74, 6) is 1.47. The van der Waals surface area contributed by atoms with Crippen molar-refractivity contribution in [3.05, 3.63) is 58.1 Å². The molecule has 2 unspecified atom stereocenters. The Kier molecular flexibility index (Phi) is 5.85. The van der Waals surface area contributed by atoms with E-state index in [4.69, 9.17) is 4.74 Å². The Balaban J connectivity index is 1.24. The number of halogens is 1. The molecule has 0 spiro atoms. The maximum Gasteiger partial charge on any atom is 0.262 e. The van der Waals surface area contributed by atoms with Crippen molar-refractivity contribution in [1.82, 2.24) is 5.32 Å². The Hall–Kier alpha value is -1.85. The molecule has 33 heavy (non-hydrogen) atoms. The standard InChI is InChI=1S/C28H35BrN2O2/c1-19-4-7-23(8-5-19)31-25(32)15-33-24-9-6-22(29)10-21(24)14-30-28-13-20-11-26(2,17-28)16-27(3,12-20)18-28/h4-10,20,30H,11-18H2,1-3H3,(H,31,32)/t20?,26-,27+,28?. The topological polar surface area (TPSA) is 50.4 Å². The molecule has 0 heterocycles. The van der Waals surface area contributed by atoms with Crippen LogP contribution in [0.1, 0.15) is 63.5 Å². The van der Waals surface area contributed by atoms with Gasteiger partial charge in [-0.2, -0.15) is 0 Å². The molecule has 2 N–H and O–H groups in total. The highest BCUT2D eigenvalue weighted by Crippen LogP contribution is 2.66. The number of hydrogen-bond donors (Lipinski definition) is 2. The minimum atomic E-state index is -0.150. The van der Waals surface area contributed by atoms with Gasteiger partial charge >= 0.3 is 0 Å². The van der Waals surface area contributed by atoms with Crippen LogP contribution in [0.2, 0.25) is 0 Å². The predicted octanol–water partition coefficient (Wildman–Crippen LogP) is 6.61. The minimum Gasteiger partial charge on any atom is -0.483 e. The van der Waals surface area contributed by atoms with Crippen LogP contribution in [0.5, 0.6) is 5.75 Å². The molecule has 0 saturated heterocycles. The van der Waals surface area contributed by atoms with E-state index in [-0.39, 0.29) is 18.1 Å². The molecule has 5 heteroatoms. The lowest BCUT2D eigenvalue weighted by Crippen LogP contribution is -2.63. The van der Waals surface area contributed by atoms with Crippen molar-refractivity contribution in [2.45, 2.75) is 71.4 Å². The second kappa shape index (κ2) is 8.42. The van der Waals surface area contributed by atoms with Crippen LogP contribution in [0.25, 0.3) is 0 Å². The molecule has 4 bridgehead atoms. The van der Waals surface area contributed by atoms with E-state index in [1.54, 1.807) is 0 Å². The molecule has 176 valence electrons. The first kappa shape index (κ1) is 22.9. The van der Waals surface area contributed by atoms with Gasteiger partial charge in [-0.15, -0.1) is 0 Å². The first-order valence-corrected chi connectivity index (χ1v) is 13.0. The maximum atomic E-state index is 12.4. The average Bonchev–Trinajstić information content (AvgIpc) is 2.71. The quantitative estimate of drug-likeness (QED) is 0.440. The number of nitrogens with one attached hydrogen (secondary N) is 2. The molecule has 4 atom stereocenters. The third kappa shape index (κ3) is 5.00. The first-order valence-electron chi connectivity index (χ1n) is 12.2. The molecular formula is C28H35BrN2O2. The van der Waals surface area contributed by atoms with Crippen LogP contribution in [0, 0.1) is 23.7 Å². The predicted molar refractivity (Wildman–Crippen MR) is 136 cm³/mol. The molecule has 2 aromatic rings. The van der Waals surface area contributed by atoms with Crippen molar-refractivity contribution in [3.8, 4) is 5.75 Å². The van der Waals surface area contributed by atoms with Crippen LogP contribution < -0.4 is 15.4 Å². The molecule has 4 aliphatic rings. The van der Waals surface area contributed by atoms with Gasteiger partial charge in [0.2, 0.25) is 0 Å². The normalized spacial score (nSPS) is 32.1. The van der Waals surface area contributed by atoms with E-state index in [1.807, 2.05) is 43.3 Å². The zero-order chi connectivity index (χ0) is 23.3. The molecular weight excluding hydrogens is 476 g/mol. The highest BCUT2D eigenvalue weighted by atomic mass is 79.9. The number of benzene rings is 2. The third-order valence-corrected chi connectivity index (χ3v) is 8.49. The molecule has 4 fully saturated rings. The van der Waals surface area contributed by atoms with Crippen LogP contribution in [-0.2, 0) is 11.3 Å². The first-order chi connectivity index (χ1) is 15.6. The monoisotopic (exact) mass is 510 g/mol. The van der Waals surface area contributed by atoms with Crippen LogP contribution in [-0.4, -0.2) is 18.1 Å². The molecule has 0 radical (unpaired) electrons. The van der Waals surface area contributed by atoms with Gasteiger partial charge in [-0.3, -0.25) is 4.79 Å². The highest BCUT2D eigenvalue weighted by molar-refractivity contribution is 9.10. The number of hydrogen-bond acceptors (Lipinski definition) is 3. The van der Waals surface area contributed by atoms with Crippen molar-refractivity contribution < 1.29 is 9.53 Å². The molecule has 0 aliphatic heterocycles. The molecule has 2 aromatic carbocycles. The summed E-state index contributed by atoms with van der Waals surface area (Å²) >= 11 is 3.61.